The number of likely N-dealkylation sites (tertiary alicyclic amines) is 1. The second kappa shape index (κ2) is 7.93. The molecular weight excluding hydrogens is 398 g/mol. The summed E-state index contributed by atoms with van der Waals surface area (Å²) in [4.78, 5) is 27.0. The molecule has 160 valence electrons. The van der Waals surface area contributed by atoms with Crippen LogP contribution in [0.1, 0.15) is 24.0 Å². The monoisotopic (exact) mass is 421 g/mol. The molecule has 1 fully saturated rings. The summed E-state index contributed by atoms with van der Waals surface area (Å²) in [5.41, 5.74) is 0.569. The molecule has 2 aliphatic rings. The highest BCUT2D eigenvalue weighted by Gasteiger charge is 2.68. The van der Waals surface area contributed by atoms with Crippen LogP contribution in [0.2, 0.25) is 0 Å². The second-order valence-electron chi connectivity index (χ2n) is 7.62. The van der Waals surface area contributed by atoms with Gasteiger partial charge in [0.05, 0.1) is 12.5 Å². The number of hydrogen-bond acceptors (Lipinski definition) is 6. The Bertz CT molecular complexity index is 1080. The molecule has 0 saturated carbocycles. The molecule has 2 aromatic carbocycles. The topological polar surface area (TPSA) is 93.9 Å². The Morgan fingerprint density at radius 2 is 2.06 bits per heavy atom. The maximum atomic E-state index is 13.2. The molecule has 0 bridgehead atoms. The van der Waals surface area contributed by atoms with E-state index < -0.39 is 17.5 Å². The highest BCUT2D eigenvalue weighted by Crippen LogP contribution is 2.52. The molecule has 1 amide bonds. The predicted molar refractivity (Wildman–Crippen MR) is 115 cm³/mol. The SMILES string of the molecule is C#CCOc1ccc([C@@H]2CN(C)[C@@]3(C(=O)Nc4ccccc43)[C@H]2[N+](=O)[O-])cc1OCC. The van der Waals surface area contributed by atoms with Crippen molar-refractivity contribution in [3.05, 3.63) is 63.7 Å². The van der Waals surface area contributed by atoms with E-state index in [1.807, 2.05) is 6.92 Å². The summed E-state index contributed by atoms with van der Waals surface area (Å²) in [5.74, 6) is 2.45. The van der Waals surface area contributed by atoms with Gasteiger partial charge in [-0.2, -0.15) is 0 Å². The van der Waals surface area contributed by atoms with Crippen molar-refractivity contribution in [3.63, 3.8) is 0 Å². The van der Waals surface area contributed by atoms with Crippen LogP contribution in [0.15, 0.2) is 42.5 Å². The fourth-order valence-corrected chi connectivity index (χ4v) is 4.84. The lowest BCUT2D eigenvalue weighted by Crippen LogP contribution is -2.54. The molecule has 1 saturated heterocycles. The lowest BCUT2D eigenvalue weighted by atomic mass is 9.79. The van der Waals surface area contributed by atoms with Gasteiger partial charge in [0.1, 0.15) is 6.61 Å². The normalized spacial score (nSPS) is 24.5. The molecule has 3 atom stereocenters. The Morgan fingerprint density at radius 1 is 1.29 bits per heavy atom. The van der Waals surface area contributed by atoms with Gasteiger partial charge in [-0.05, 0) is 37.7 Å². The van der Waals surface area contributed by atoms with Crippen LogP contribution < -0.4 is 14.8 Å². The van der Waals surface area contributed by atoms with E-state index >= 15 is 0 Å². The smallest absolute Gasteiger partial charge is 0.256 e. The van der Waals surface area contributed by atoms with Gasteiger partial charge in [0.15, 0.2) is 17.0 Å². The molecule has 0 unspecified atom stereocenters. The summed E-state index contributed by atoms with van der Waals surface area (Å²) >= 11 is 0. The first-order valence-corrected chi connectivity index (χ1v) is 10.0. The zero-order chi connectivity index (χ0) is 22.2. The molecule has 0 aliphatic carbocycles. The van der Waals surface area contributed by atoms with Crippen LogP contribution in [0.5, 0.6) is 11.5 Å². The third kappa shape index (κ3) is 3.09. The molecule has 4 rings (SSSR count). The Balaban J connectivity index is 1.81. The first kappa shape index (κ1) is 20.7. The number of fused-ring (bicyclic) bond motifs is 2. The number of nitrogens with zero attached hydrogens (tertiary/aromatic N) is 2. The van der Waals surface area contributed by atoms with Crippen molar-refractivity contribution >= 4 is 11.6 Å². The third-order valence-corrected chi connectivity index (χ3v) is 6.05. The van der Waals surface area contributed by atoms with Crippen LogP contribution in [0.3, 0.4) is 0 Å². The number of carbonyl (C=O) groups excluding carboxylic acids is 1. The molecule has 1 spiro atoms. The van der Waals surface area contributed by atoms with E-state index in [0.717, 1.165) is 0 Å². The molecule has 8 heteroatoms. The zero-order valence-electron chi connectivity index (χ0n) is 17.3. The van der Waals surface area contributed by atoms with E-state index in [0.29, 0.717) is 41.5 Å². The van der Waals surface area contributed by atoms with Crippen LogP contribution in [0.4, 0.5) is 5.69 Å². The number of nitro groups is 1. The summed E-state index contributed by atoms with van der Waals surface area (Å²) in [6.45, 7) is 2.67. The quantitative estimate of drug-likeness (QED) is 0.438. The number of amides is 1. The van der Waals surface area contributed by atoms with E-state index in [-0.39, 0.29) is 17.4 Å². The molecule has 2 aliphatic heterocycles. The number of para-hydroxylation sites is 1. The maximum Gasteiger partial charge on any atom is 0.256 e. The molecule has 0 radical (unpaired) electrons. The minimum atomic E-state index is -1.38. The van der Waals surface area contributed by atoms with Crippen LogP contribution in [0, 0.1) is 22.5 Å². The lowest BCUT2D eigenvalue weighted by molar-refractivity contribution is -0.534. The standard InChI is InChI=1S/C23H23N3O5/c1-4-12-31-19-11-10-15(13-20(19)30-5-2)16-14-25(3)23(21(16)26(28)29)17-8-6-7-9-18(17)24-22(23)27/h1,6-11,13,16,21H,5,12,14H2,2-3H3,(H,24,27)/t16-,21-,23+/m0/s1. The van der Waals surface area contributed by atoms with Crippen LogP contribution in [-0.2, 0) is 10.3 Å². The fraction of sp³-hybridized carbons (Fsp3) is 0.348. The van der Waals surface area contributed by atoms with Crippen molar-refractivity contribution in [3.8, 4) is 23.8 Å². The van der Waals surface area contributed by atoms with Crippen molar-refractivity contribution in [2.24, 2.45) is 0 Å². The Labute approximate surface area is 180 Å². The number of hydrogen-bond donors (Lipinski definition) is 1. The first-order chi connectivity index (χ1) is 14.9. The average molecular weight is 421 g/mol. The van der Waals surface area contributed by atoms with Gasteiger partial charge in [0, 0.05) is 22.7 Å². The molecule has 1 N–H and O–H groups in total. The zero-order valence-corrected chi connectivity index (χ0v) is 17.3. The number of benzene rings is 2. The minimum Gasteiger partial charge on any atom is -0.490 e. The fourth-order valence-electron chi connectivity index (χ4n) is 4.84. The Kier molecular flexibility index (Phi) is 5.29. The van der Waals surface area contributed by atoms with Crippen molar-refractivity contribution in [2.45, 2.75) is 24.4 Å². The number of terminal acetylenes is 1. The largest absolute Gasteiger partial charge is 0.490 e. The molecular formula is C23H23N3O5. The molecule has 2 heterocycles. The van der Waals surface area contributed by atoms with Crippen LogP contribution in [0.25, 0.3) is 0 Å². The summed E-state index contributed by atoms with van der Waals surface area (Å²) in [7, 11) is 1.76. The number of ether oxygens (including phenoxy) is 2. The van der Waals surface area contributed by atoms with Crippen molar-refractivity contribution in [1.29, 1.82) is 0 Å². The third-order valence-electron chi connectivity index (χ3n) is 6.05. The predicted octanol–water partition coefficient (Wildman–Crippen LogP) is 2.62. The highest BCUT2D eigenvalue weighted by atomic mass is 16.6. The van der Waals surface area contributed by atoms with E-state index in [4.69, 9.17) is 15.9 Å². The first-order valence-electron chi connectivity index (χ1n) is 10.0. The highest BCUT2D eigenvalue weighted by molar-refractivity contribution is 6.06. The average Bonchev–Trinajstić information content (AvgIpc) is 3.23. The van der Waals surface area contributed by atoms with Crippen molar-refractivity contribution in [1.82, 2.24) is 4.90 Å². The van der Waals surface area contributed by atoms with Gasteiger partial charge >= 0.3 is 0 Å². The number of rotatable bonds is 6. The van der Waals surface area contributed by atoms with Gasteiger partial charge in [0.25, 0.3) is 11.9 Å². The van der Waals surface area contributed by atoms with Crippen LogP contribution >= 0.6 is 0 Å². The van der Waals surface area contributed by atoms with Gasteiger partial charge < -0.3 is 14.8 Å². The summed E-state index contributed by atoms with van der Waals surface area (Å²) in [6, 6.07) is 11.2. The van der Waals surface area contributed by atoms with Gasteiger partial charge in [-0.15, -0.1) is 6.42 Å². The molecule has 2 aromatic rings. The van der Waals surface area contributed by atoms with Gasteiger partial charge in [-0.3, -0.25) is 19.8 Å². The van der Waals surface area contributed by atoms with Crippen molar-refractivity contribution < 1.29 is 19.2 Å². The number of anilines is 1. The van der Waals surface area contributed by atoms with E-state index in [1.54, 1.807) is 54.4 Å². The summed E-state index contributed by atoms with van der Waals surface area (Å²) in [6.07, 6.45) is 5.28. The Hall–Kier alpha value is -3.57. The number of carbonyl (C=O) groups is 1. The number of nitrogens with one attached hydrogen (secondary N) is 1. The van der Waals surface area contributed by atoms with E-state index in [2.05, 4.69) is 11.2 Å². The maximum absolute atomic E-state index is 13.2. The van der Waals surface area contributed by atoms with E-state index in [9.17, 15) is 14.9 Å². The molecule has 0 aromatic heterocycles. The summed E-state index contributed by atoms with van der Waals surface area (Å²) in [5, 5.41) is 15.2. The van der Waals surface area contributed by atoms with Gasteiger partial charge in [-0.25, -0.2) is 0 Å². The Morgan fingerprint density at radius 3 is 2.77 bits per heavy atom. The van der Waals surface area contributed by atoms with Crippen molar-refractivity contribution in [2.75, 3.05) is 32.1 Å². The van der Waals surface area contributed by atoms with Crippen LogP contribution in [-0.4, -0.2) is 48.6 Å². The molecule has 8 nitrogen and oxygen atoms in total. The summed E-state index contributed by atoms with van der Waals surface area (Å²) < 4.78 is 11.2. The number of likely N-dealkylation sites (N-methyl/N-ethyl adjacent to an activating group) is 1. The minimum absolute atomic E-state index is 0.0865. The van der Waals surface area contributed by atoms with Gasteiger partial charge in [0.2, 0.25) is 0 Å². The van der Waals surface area contributed by atoms with Gasteiger partial charge in [-0.1, -0.05) is 30.2 Å². The lowest BCUT2D eigenvalue weighted by Gasteiger charge is -2.30. The van der Waals surface area contributed by atoms with E-state index in [1.165, 1.54) is 0 Å². The molecule has 31 heavy (non-hydrogen) atoms. The second-order valence-corrected chi connectivity index (χ2v) is 7.62.